The maximum absolute atomic E-state index is 5.84. The van der Waals surface area contributed by atoms with Crippen LogP contribution in [0.15, 0.2) is 0 Å². The minimum absolute atomic E-state index is 0.385. The Morgan fingerprint density at radius 3 is 2.56 bits per heavy atom. The minimum atomic E-state index is 0.385. The predicted octanol–water partition coefficient (Wildman–Crippen LogP) is 1.78. The Morgan fingerprint density at radius 1 is 1.25 bits per heavy atom. The maximum atomic E-state index is 5.84. The first-order valence-corrected chi connectivity index (χ1v) is 6.61. The lowest BCUT2D eigenvalue weighted by Crippen LogP contribution is -2.33. The lowest BCUT2D eigenvalue weighted by Gasteiger charge is -2.23. The molecule has 1 fully saturated rings. The number of hydrogen-bond acceptors (Lipinski definition) is 3. The summed E-state index contributed by atoms with van der Waals surface area (Å²) in [6, 6.07) is 0. The van der Waals surface area contributed by atoms with Gasteiger partial charge in [0.1, 0.15) is 0 Å². The van der Waals surface area contributed by atoms with Crippen LogP contribution in [0, 0.1) is 5.41 Å². The maximum Gasteiger partial charge on any atom is 0.0599 e. The van der Waals surface area contributed by atoms with Crippen molar-refractivity contribution in [2.24, 2.45) is 5.41 Å². The van der Waals surface area contributed by atoms with E-state index in [2.05, 4.69) is 31.4 Å². The summed E-state index contributed by atoms with van der Waals surface area (Å²) in [6.45, 7) is 12.1. The molecule has 0 aromatic heterocycles. The summed E-state index contributed by atoms with van der Waals surface area (Å²) in [6.07, 6.45) is 3.98. The molecular weight excluding hydrogens is 200 g/mol. The number of piperidine rings is 1. The third kappa shape index (κ3) is 7.20. The Labute approximate surface area is 100 Å². The van der Waals surface area contributed by atoms with Crippen molar-refractivity contribution in [2.75, 3.05) is 32.8 Å². The molecule has 0 saturated carbocycles. The van der Waals surface area contributed by atoms with E-state index in [0.29, 0.717) is 11.5 Å². The van der Waals surface area contributed by atoms with Gasteiger partial charge in [-0.05, 0) is 50.9 Å². The van der Waals surface area contributed by atoms with Gasteiger partial charge in [-0.3, -0.25) is 0 Å². The van der Waals surface area contributed by atoms with Crippen molar-refractivity contribution >= 4 is 0 Å². The highest BCUT2D eigenvalue weighted by Gasteiger charge is 2.12. The topological polar surface area (TPSA) is 33.3 Å². The number of ether oxygens (including phenoxy) is 1. The van der Waals surface area contributed by atoms with E-state index in [1.54, 1.807) is 0 Å². The third-order valence-corrected chi connectivity index (χ3v) is 2.79. The zero-order valence-corrected chi connectivity index (χ0v) is 11.1. The molecule has 1 heterocycles. The molecule has 0 bridgehead atoms. The molecule has 0 spiro atoms. The molecule has 1 saturated heterocycles. The van der Waals surface area contributed by atoms with Crippen molar-refractivity contribution < 1.29 is 4.74 Å². The highest BCUT2D eigenvalue weighted by atomic mass is 16.5. The molecule has 16 heavy (non-hydrogen) atoms. The van der Waals surface area contributed by atoms with Crippen LogP contribution in [0.2, 0.25) is 0 Å². The molecule has 0 unspecified atom stereocenters. The van der Waals surface area contributed by atoms with Crippen LogP contribution < -0.4 is 10.6 Å². The molecule has 1 aliphatic rings. The lowest BCUT2D eigenvalue weighted by molar-refractivity contribution is 0.0316. The van der Waals surface area contributed by atoms with Gasteiger partial charge in [0.15, 0.2) is 0 Å². The van der Waals surface area contributed by atoms with Crippen LogP contribution in [-0.2, 0) is 4.74 Å². The first kappa shape index (κ1) is 13.9. The number of hydrogen-bond donors (Lipinski definition) is 2. The summed E-state index contributed by atoms with van der Waals surface area (Å²) in [7, 11) is 0. The summed E-state index contributed by atoms with van der Waals surface area (Å²) in [5.41, 5.74) is 0.385. The second-order valence-electron chi connectivity index (χ2n) is 5.91. The van der Waals surface area contributed by atoms with Crippen LogP contribution in [0.3, 0.4) is 0 Å². The van der Waals surface area contributed by atoms with Gasteiger partial charge >= 0.3 is 0 Å². The van der Waals surface area contributed by atoms with E-state index < -0.39 is 0 Å². The van der Waals surface area contributed by atoms with Crippen molar-refractivity contribution in [3.63, 3.8) is 0 Å². The SMILES string of the molecule is CC(C)(C)CNCCCOC1CCNCC1. The van der Waals surface area contributed by atoms with Gasteiger partial charge in [-0.1, -0.05) is 20.8 Å². The fourth-order valence-corrected chi connectivity index (χ4v) is 1.87. The van der Waals surface area contributed by atoms with Crippen LogP contribution >= 0.6 is 0 Å². The average Bonchev–Trinajstić information content (AvgIpc) is 2.23. The zero-order chi connectivity index (χ0) is 11.9. The van der Waals surface area contributed by atoms with Crippen molar-refractivity contribution in [1.29, 1.82) is 0 Å². The first-order chi connectivity index (χ1) is 7.58. The molecule has 1 aliphatic heterocycles. The van der Waals surface area contributed by atoms with Crippen molar-refractivity contribution in [1.82, 2.24) is 10.6 Å². The first-order valence-electron chi connectivity index (χ1n) is 6.61. The molecule has 3 nitrogen and oxygen atoms in total. The molecule has 96 valence electrons. The van der Waals surface area contributed by atoms with Crippen LogP contribution in [0.4, 0.5) is 0 Å². The predicted molar refractivity (Wildman–Crippen MR) is 68.8 cm³/mol. The molecule has 2 N–H and O–H groups in total. The summed E-state index contributed by atoms with van der Waals surface area (Å²) in [5.74, 6) is 0. The molecule has 0 aromatic carbocycles. The van der Waals surface area contributed by atoms with E-state index in [0.717, 1.165) is 39.2 Å². The van der Waals surface area contributed by atoms with E-state index in [-0.39, 0.29) is 0 Å². The van der Waals surface area contributed by atoms with Gasteiger partial charge in [0.05, 0.1) is 6.10 Å². The van der Waals surface area contributed by atoms with E-state index in [1.807, 2.05) is 0 Å². The summed E-state index contributed by atoms with van der Waals surface area (Å²) < 4.78 is 5.84. The summed E-state index contributed by atoms with van der Waals surface area (Å²) >= 11 is 0. The summed E-state index contributed by atoms with van der Waals surface area (Å²) in [5, 5.41) is 6.82. The van der Waals surface area contributed by atoms with Crippen LogP contribution in [0.25, 0.3) is 0 Å². The monoisotopic (exact) mass is 228 g/mol. The van der Waals surface area contributed by atoms with Gasteiger partial charge in [0, 0.05) is 6.61 Å². The van der Waals surface area contributed by atoms with Gasteiger partial charge in [-0.2, -0.15) is 0 Å². The second kappa shape index (κ2) is 7.25. The summed E-state index contributed by atoms with van der Waals surface area (Å²) in [4.78, 5) is 0. The van der Waals surface area contributed by atoms with Crippen LogP contribution in [-0.4, -0.2) is 38.9 Å². The Kier molecular flexibility index (Phi) is 6.32. The molecule has 0 radical (unpaired) electrons. The van der Waals surface area contributed by atoms with Gasteiger partial charge < -0.3 is 15.4 Å². The zero-order valence-electron chi connectivity index (χ0n) is 11.1. The quantitative estimate of drug-likeness (QED) is 0.680. The molecule has 3 heteroatoms. The minimum Gasteiger partial charge on any atom is -0.378 e. The second-order valence-corrected chi connectivity index (χ2v) is 5.91. The fraction of sp³-hybridized carbons (Fsp3) is 1.00. The van der Waals surface area contributed by atoms with Crippen LogP contribution in [0.1, 0.15) is 40.0 Å². The fourth-order valence-electron chi connectivity index (χ4n) is 1.87. The standard InChI is InChI=1S/C13H28N2O/c1-13(2,3)11-15-7-4-10-16-12-5-8-14-9-6-12/h12,14-15H,4-11H2,1-3H3. The normalized spacial score (nSPS) is 18.9. The van der Waals surface area contributed by atoms with Crippen molar-refractivity contribution in [2.45, 2.75) is 46.1 Å². The van der Waals surface area contributed by atoms with Gasteiger partial charge in [-0.15, -0.1) is 0 Å². The van der Waals surface area contributed by atoms with Gasteiger partial charge in [0.25, 0.3) is 0 Å². The Morgan fingerprint density at radius 2 is 1.94 bits per heavy atom. The number of nitrogens with one attached hydrogen (secondary N) is 2. The smallest absolute Gasteiger partial charge is 0.0599 e. The van der Waals surface area contributed by atoms with Crippen molar-refractivity contribution in [3.8, 4) is 0 Å². The average molecular weight is 228 g/mol. The Hall–Kier alpha value is -0.120. The molecule has 0 aromatic rings. The Balaban J connectivity index is 1.87. The third-order valence-electron chi connectivity index (χ3n) is 2.79. The molecule has 0 aliphatic carbocycles. The van der Waals surface area contributed by atoms with E-state index >= 15 is 0 Å². The lowest BCUT2D eigenvalue weighted by atomic mass is 9.97. The molecule has 0 amide bonds. The molecular formula is C13H28N2O. The number of rotatable bonds is 6. The highest BCUT2D eigenvalue weighted by molar-refractivity contribution is 4.68. The van der Waals surface area contributed by atoms with Crippen molar-refractivity contribution in [3.05, 3.63) is 0 Å². The van der Waals surface area contributed by atoms with Crippen LogP contribution in [0.5, 0.6) is 0 Å². The van der Waals surface area contributed by atoms with Gasteiger partial charge in [0.2, 0.25) is 0 Å². The Bertz CT molecular complexity index is 171. The van der Waals surface area contributed by atoms with Gasteiger partial charge in [-0.25, -0.2) is 0 Å². The molecule has 0 atom stereocenters. The highest BCUT2D eigenvalue weighted by Crippen LogP contribution is 2.10. The van der Waals surface area contributed by atoms with E-state index in [9.17, 15) is 0 Å². The van der Waals surface area contributed by atoms with E-state index in [1.165, 1.54) is 12.8 Å². The largest absolute Gasteiger partial charge is 0.378 e. The molecule has 1 rings (SSSR count). The van der Waals surface area contributed by atoms with E-state index in [4.69, 9.17) is 4.74 Å².